The minimum absolute atomic E-state index is 0.0659. The molecule has 2 aromatic rings. The first-order valence-corrected chi connectivity index (χ1v) is 6.50. The van der Waals surface area contributed by atoms with Gasteiger partial charge in [-0.25, -0.2) is 9.97 Å². The van der Waals surface area contributed by atoms with E-state index in [1.54, 1.807) is 6.20 Å². The van der Waals surface area contributed by atoms with E-state index < -0.39 is 0 Å². The van der Waals surface area contributed by atoms with Gasteiger partial charge in [-0.1, -0.05) is 18.2 Å². The molecule has 0 unspecified atom stereocenters. The molecule has 0 aliphatic rings. The molecular weight excluding hydrogens is 252 g/mol. The summed E-state index contributed by atoms with van der Waals surface area (Å²) in [7, 11) is 0. The maximum atomic E-state index is 11.1. The van der Waals surface area contributed by atoms with Gasteiger partial charge in [0.1, 0.15) is 5.82 Å². The van der Waals surface area contributed by atoms with Gasteiger partial charge in [0.15, 0.2) is 0 Å². The molecule has 104 valence electrons. The van der Waals surface area contributed by atoms with Crippen molar-refractivity contribution in [1.82, 2.24) is 15.3 Å². The van der Waals surface area contributed by atoms with Crippen molar-refractivity contribution in [3.05, 3.63) is 53.6 Å². The first kappa shape index (κ1) is 14.1. The Balaban J connectivity index is 1.95. The third kappa shape index (κ3) is 4.13. The van der Waals surface area contributed by atoms with Crippen LogP contribution in [0.5, 0.6) is 0 Å². The summed E-state index contributed by atoms with van der Waals surface area (Å²) in [6.45, 7) is 4.71. The molecule has 0 fully saturated rings. The molecule has 0 aliphatic heterocycles. The van der Waals surface area contributed by atoms with Crippen LogP contribution < -0.4 is 10.6 Å². The number of para-hydroxylation sites is 1. The van der Waals surface area contributed by atoms with Crippen LogP contribution in [0.1, 0.15) is 24.0 Å². The highest BCUT2D eigenvalue weighted by molar-refractivity contribution is 5.89. The van der Waals surface area contributed by atoms with Crippen molar-refractivity contribution in [2.45, 2.75) is 26.9 Å². The second kappa shape index (κ2) is 6.77. The number of nitrogens with one attached hydrogen (secondary N) is 2. The first-order valence-electron chi connectivity index (χ1n) is 6.50. The van der Waals surface area contributed by atoms with Crippen LogP contribution in [0.2, 0.25) is 0 Å². The molecule has 1 aromatic carbocycles. The molecule has 0 atom stereocenters. The zero-order chi connectivity index (χ0) is 14.4. The molecule has 5 nitrogen and oxygen atoms in total. The normalized spacial score (nSPS) is 10.3. The SMILES string of the molecule is CC(=O)Nc1ccccc1CNCc1ccnc(C)n1. The molecule has 2 rings (SSSR count). The lowest BCUT2D eigenvalue weighted by Crippen LogP contribution is -2.16. The number of amides is 1. The maximum absolute atomic E-state index is 11.1. The highest BCUT2D eigenvalue weighted by atomic mass is 16.1. The Morgan fingerprint density at radius 3 is 2.75 bits per heavy atom. The monoisotopic (exact) mass is 270 g/mol. The van der Waals surface area contributed by atoms with Crippen molar-refractivity contribution >= 4 is 11.6 Å². The third-order valence-electron chi connectivity index (χ3n) is 2.78. The predicted octanol–water partition coefficient (Wildman–Crippen LogP) is 2.03. The second-order valence-electron chi connectivity index (χ2n) is 4.54. The van der Waals surface area contributed by atoms with E-state index in [4.69, 9.17) is 0 Å². The van der Waals surface area contributed by atoms with E-state index in [2.05, 4.69) is 20.6 Å². The molecule has 0 saturated carbocycles. The van der Waals surface area contributed by atoms with Crippen LogP contribution in [0, 0.1) is 6.92 Å². The summed E-state index contributed by atoms with van der Waals surface area (Å²) in [6.07, 6.45) is 1.75. The number of benzene rings is 1. The molecule has 0 bridgehead atoms. The molecule has 0 radical (unpaired) electrons. The van der Waals surface area contributed by atoms with E-state index in [-0.39, 0.29) is 5.91 Å². The van der Waals surface area contributed by atoms with Crippen molar-refractivity contribution < 1.29 is 4.79 Å². The second-order valence-corrected chi connectivity index (χ2v) is 4.54. The summed E-state index contributed by atoms with van der Waals surface area (Å²) in [5.41, 5.74) is 2.84. The van der Waals surface area contributed by atoms with Gasteiger partial charge < -0.3 is 10.6 Å². The molecule has 1 aromatic heterocycles. The number of aryl methyl sites for hydroxylation is 1. The Kier molecular flexibility index (Phi) is 4.79. The molecule has 1 amide bonds. The van der Waals surface area contributed by atoms with Crippen LogP contribution >= 0.6 is 0 Å². The molecule has 5 heteroatoms. The smallest absolute Gasteiger partial charge is 0.221 e. The van der Waals surface area contributed by atoms with Gasteiger partial charge in [-0.05, 0) is 24.6 Å². The van der Waals surface area contributed by atoms with Crippen LogP contribution in [-0.4, -0.2) is 15.9 Å². The Bertz CT molecular complexity index is 598. The van der Waals surface area contributed by atoms with Crippen molar-refractivity contribution in [2.75, 3.05) is 5.32 Å². The molecule has 1 heterocycles. The first-order chi connectivity index (χ1) is 9.65. The van der Waals surface area contributed by atoms with Gasteiger partial charge >= 0.3 is 0 Å². The fraction of sp³-hybridized carbons (Fsp3) is 0.267. The van der Waals surface area contributed by atoms with Crippen LogP contribution in [-0.2, 0) is 17.9 Å². The zero-order valence-corrected chi connectivity index (χ0v) is 11.7. The number of hydrogen-bond donors (Lipinski definition) is 2. The van der Waals surface area contributed by atoms with Crippen LogP contribution in [0.4, 0.5) is 5.69 Å². The summed E-state index contributed by atoms with van der Waals surface area (Å²) >= 11 is 0. The third-order valence-corrected chi connectivity index (χ3v) is 2.78. The Hall–Kier alpha value is -2.27. The van der Waals surface area contributed by atoms with Crippen LogP contribution in [0.15, 0.2) is 36.5 Å². The molecule has 0 aliphatic carbocycles. The van der Waals surface area contributed by atoms with E-state index in [0.717, 1.165) is 22.8 Å². The highest BCUT2D eigenvalue weighted by Crippen LogP contribution is 2.14. The summed E-state index contributed by atoms with van der Waals surface area (Å²) in [5, 5.41) is 6.14. The van der Waals surface area contributed by atoms with Gasteiger partial charge in [0.05, 0.1) is 5.69 Å². The van der Waals surface area contributed by atoms with E-state index >= 15 is 0 Å². The van der Waals surface area contributed by atoms with Gasteiger partial charge in [0.25, 0.3) is 0 Å². The Morgan fingerprint density at radius 2 is 2.00 bits per heavy atom. The quantitative estimate of drug-likeness (QED) is 0.872. The van der Waals surface area contributed by atoms with Gasteiger partial charge in [0.2, 0.25) is 5.91 Å². The number of nitrogens with zero attached hydrogens (tertiary/aromatic N) is 2. The number of hydrogen-bond acceptors (Lipinski definition) is 4. The molecule has 0 saturated heterocycles. The standard InChI is InChI=1S/C15H18N4O/c1-11-17-8-7-14(18-11)10-16-9-13-5-3-4-6-15(13)19-12(2)20/h3-8,16H,9-10H2,1-2H3,(H,19,20). The summed E-state index contributed by atoms with van der Waals surface area (Å²) in [4.78, 5) is 19.5. The van der Waals surface area contributed by atoms with Gasteiger partial charge in [0, 0.05) is 31.9 Å². The van der Waals surface area contributed by atoms with Crippen LogP contribution in [0.3, 0.4) is 0 Å². The average Bonchev–Trinajstić information content (AvgIpc) is 2.40. The van der Waals surface area contributed by atoms with Crippen LogP contribution in [0.25, 0.3) is 0 Å². The Labute approximate surface area is 118 Å². The molecule has 2 N–H and O–H groups in total. The minimum Gasteiger partial charge on any atom is -0.326 e. The van der Waals surface area contributed by atoms with E-state index in [0.29, 0.717) is 13.1 Å². The predicted molar refractivity (Wildman–Crippen MR) is 78.1 cm³/mol. The fourth-order valence-electron chi connectivity index (χ4n) is 1.91. The van der Waals surface area contributed by atoms with Gasteiger partial charge in [-0.3, -0.25) is 4.79 Å². The summed E-state index contributed by atoms with van der Waals surface area (Å²) in [6, 6.07) is 9.64. The van der Waals surface area contributed by atoms with E-state index in [1.165, 1.54) is 6.92 Å². The van der Waals surface area contributed by atoms with Crippen molar-refractivity contribution in [3.8, 4) is 0 Å². The molecule has 0 spiro atoms. The lowest BCUT2D eigenvalue weighted by Gasteiger charge is -2.10. The van der Waals surface area contributed by atoms with Gasteiger partial charge in [-0.15, -0.1) is 0 Å². The highest BCUT2D eigenvalue weighted by Gasteiger charge is 2.03. The average molecular weight is 270 g/mol. The Morgan fingerprint density at radius 1 is 1.20 bits per heavy atom. The summed E-state index contributed by atoms with van der Waals surface area (Å²) in [5.74, 6) is 0.701. The molecule has 20 heavy (non-hydrogen) atoms. The maximum Gasteiger partial charge on any atom is 0.221 e. The number of aromatic nitrogens is 2. The van der Waals surface area contributed by atoms with E-state index in [1.807, 2.05) is 37.3 Å². The number of carbonyl (C=O) groups excluding carboxylic acids is 1. The number of rotatable bonds is 5. The van der Waals surface area contributed by atoms with Crippen molar-refractivity contribution in [2.24, 2.45) is 0 Å². The fourth-order valence-corrected chi connectivity index (χ4v) is 1.91. The minimum atomic E-state index is -0.0659. The number of anilines is 1. The van der Waals surface area contributed by atoms with Gasteiger partial charge in [-0.2, -0.15) is 0 Å². The lowest BCUT2D eigenvalue weighted by atomic mass is 10.1. The van der Waals surface area contributed by atoms with E-state index in [9.17, 15) is 4.79 Å². The zero-order valence-electron chi connectivity index (χ0n) is 11.7. The van der Waals surface area contributed by atoms with Crippen molar-refractivity contribution in [3.63, 3.8) is 0 Å². The summed E-state index contributed by atoms with van der Waals surface area (Å²) < 4.78 is 0. The topological polar surface area (TPSA) is 66.9 Å². The largest absolute Gasteiger partial charge is 0.326 e. The van der Waals surface area contributed by atoms with Crippen molar-refractivity contribution in [1.29, 1.82) is 0 Å². The number of carbonyl (C=O) groups is 1. The molecular formula is C15H18N4O. The lowest BCUT2D eigenvalue weighted by molar-refractivity contribution is -0.114.